The molecule has 0 radical (unpaired) electrons. The summed E-state index contributed by atoms with van der Waals surface area (Å²) in [5.74, 6) is 1.26. The van der Waals surface area contributed by atoms with Gasteiger partial charge in [-0.2, -0.15) is 4.98 Å². The van der Waals surface area contributed by atoms with Crippen LogP contribution in [0.25, 0.3) is 11.4 Å². The summed E-state index contributed by atoms with van der Waals surface area (Å²) >= 11 is 0. The second-order valence-corrected chi connectivity index (χ2v) is 4.66. The van der Waals surface area contributed by atoms with E-state index in [1.807, 2.05) is 0 Å². The third-order valence-corrected chi connectivity index (χ3v) is 3.26. The van der Waals surface area contributed by atoms with Gasteiger partial charge in [-0.15, -0.1) is 0 Å². The highest BCUT2D eigenvalue weighted by atomic mass is 16.5. The third-order valence-electron chi connectivity index (χ3n) is 3.26. The number of carboxylic acid groups (broad SMARTS) is 1. The molecule has 1 aliphatic carbocycles. The molecule has 1 aromatic carbocycles. The number of aromatic nitrogens is 2. The van der Waals surface area contributed by atoms with E-state index < -0.39 is 5.97 Å². The lowest BCUT2D eigenvalue weighted by atomic mass is 10.1. The molecule has 1 saturated carbocycles. The van der Waals surface area contributed by atoms with Gasteiger partial charge in [-0.1, -0.05) is 24.2 Å². The Hall–Kier alpha value is -2.17. The van der Waals surface area contributed by atoms with Crippen LogP contribution >= 0.6 is 0 Å². The molecule has 2 atom stereocenters. The van der Waals surface area contributed by atoms with Crippen molar-refractivity contribution in [2.24, 2.45) is 5.92 Å². The largest absolute Gasteiger partial charge is 0.478 e. The molecule has 1 fully saturated rings. The van der Waals surface area contributed by atoms with E-state index in [-0.39, 0.29) is 5.56 Å². The molecule has 0 saturated heterocycles. The van der Waals surface area contributed by atoms with E-state index in [1.165, 1.54) is 12.1 Å². The van der Waals surface area contributed by atoms with Gasteiger partial charge in [-0.3, -0.25) is 0 Å². The van der Waals surface area contributed by atoms with Crippen LogP contribution in [0.5, 0.6) is 0 Å². The molecule has 3 rings (SSSR count). The zero-order valence-corrected chi connectivity index (χ0v) is 9.83. The van der Waals surface area contributed by atoms with E-state index in [0.717, 1.165) is 12.0 Å². The molecule has 0 bridgehead atoms. The highest BCUT2D eigenvalue weighted by molar-refractivity contribution is 5.88. The summed E-state index contributed by atoms with van der Waals surface area (Å²) in [7, 11) is 0. The van der Waals surface area contributed by atoms with E-state index in [1.54, 1.807) is 12.1 Å². The number of aromatic carboxylic acids is 1. The summed E-state index contributed by atoms with van der Waals surface area (Å²) in [6, 6.07) is 6.45. The molecule has 18 heavy (non-hydrogen) atoms. The van der Waals surface area contributed by atoms with Crippen LogP contribution in [-0.2, 0) is 0 Å². The van der Waals surface area contributed by atoms with Crippen LogP contribution in [0.4, 0.5) is 0 Å². The van der Waals surface area contributed by atoms with Gasteiger partial charge in [0.25, 0.3) is 0 Å². The van der Waals surface area contributed by atoms with Gasteiger partial charge in [0.1, 0.15) is 0 Å². The van der Waals surface area contributed by atoms with E-state index in [0.29, 0.717) is 23.6 Å². The van der Waals surface area contributed by atoms with Gasteiger partial charge in [-0.05, 0) is 24.5 Å². The van der Waals surface area contributed by atoms with Crippen LogP contribution in [0.1, 0.15) is 35.5 Å². The summed E-state index contributed by atoms with van der Waals surface area (Å²) < 4.78 is 5.21. The van der Waals surface area contributed by atoms with Crippen molar-refractivity contribution < 1.29 is 14.4 Å². The molecule has 5 nitrogen and oxygen atoms in total. The Morgan fingerprint density at radius 3 is 2.61 bits per heavy atom. The lowest BCUT2D eigenvalue weighted by Crippen LogP contribution is -1.95. The summed E-state index contributed by atoms with van der Waals surface area (Å²) in [4.78, 5) is 15.1. The summed E-state index contributed by atoms with van der Waals surface area (Å²) in [6.07, 6.45) is 1.10. The molecule has 0 aliphatic heterocycles. The van der Waals surface area contributed by atoms with Crippen LogP contribution in [-0.4, -0.2) is 21.2 Å². The molecule has 0 amide bonds. The molecule has 1 aliphatic rings. The zero-order valence-electron chi connectivity index (χ0n) is 9.83. The second-order valence-electron chi connectivity index (χ2n) is 4.66. The number of rotatable bonds is 3. The predicted molar refractivity (Wildman–Crippen MR) is 63.2 cm³/mol. The maximum Gasteiger partial charge on any atom is 0.335 e. The number of nitrogens with zero attached hydrogens (tertiary/aromatic N) is 2. The Balaban J connectivity index is 1.85. The lowest BCUT2D eigenvalue weighted by molar-refractivity contribution is 0.0697. The van der Waals surface area contributed by atoms with Gasteiger partial charge in [-0.25, -0.2) is 4.79 Å². The van der Waals surface area contributed by atoms with Gasteiger partial charge < -0.3 is 9.63 Å². The summed E-state index contributed by atoms with van der Waals surface area (Å²) in [5.41, 5.74) is 1.02. The average Bonchev–Trinajstić information content (AvgIpc) is 2.92. The molecule has 1 aromatic heterocycles. The highest BCUT2D eigenvalue weighted by Crippen LogP contribution is 2.46. The van der Waals surface area contributed by atoms with E-state index in [2.05, 4.69) is 17.1 Å². The molecule has 1 heterocycles. The topological polar surface area (TPSA) is 76.2 Å². The first-order valence-corrected chi connectivity index (χ1v) is 5.82. The molecule has 2 aromatic rings. The number of hydrogen-bond donors (Lipinski definition) is 1. The Labute approximate surface area is 103 Å². The maximum atomic E-state index is 10.7. The van der Waals surface area contributed by atoms with Crippen LogP contribution < -0.4 is 0 Å². The van der Waals surface area contributed by atoms with Crippen LogP contribution in [0.3, 0.4) is 0 Å². The molecule has 92 valence electrons. The second kappa shape index (κ2) is 3.94. The third kappa shape index (κ3) is 1.88. The van der Waals surface area contributed by atoms with Crippen molar-refractivity contribution >= 4 is 5.97 Å². The molecule has 2 unspecified atom stereocenters. The smallest absolute Gasteiger partial charge is 0.335 e. The molecule has 5 heteroatoms. The number of carboxylic acids is 1. The van der Waals surface area contributed by atoms with Gasteiger partial charge in [0.05, 0.1) is 5.56 Å². The van der Waals surface area contributed by atoms with Gasteiger partial charge in [0.15, 0.2) is 0 Å². The Kier molecular flexibility index (Phi) is 2.40. The van der Waals surface area contributed by atoms with Gasteiger partial charge >= 0.3 is 5.97 Å². The van der Waals surface area contributed by atoms with Crippen LogP contribution in [0, 0.1) is 5.92 Å². The Morgan fingerprint density at radius 2 is 2.06 bits per heavy atom. The monoisotopic (exact) mass is 244 g/mol. The number of benzene rings is 1. The molecular formula is C13H12N2O3. The fourth-order valence-electron chi connectivity index (χ4n) is 1.93. The van der Waals surface area contributed by atoms with Crippen LogP contribution in [0.2, 0.25) is 0 Å². The first-order valence-electron chi connectivity index (χ1n) is 5.82. The first kappa shape index (κ1) is 11.0. The van der Waals surface area contributed by atoms with Crippen molar-refractivity contribution in [3.05, 3.63) is 35.7 Å². The van der Waals surface area contributed by atoms with Gasteiger partial charge in [0, 0.05) is 11.5 Å². The molecule has 1 N–H and O–H groups in total. The SMILES string of the molecule is CC1CC1c1nc(-c2ccc(C(=O)O)cc2)no1. The quantitative estimate of drug-likeness (QED) is 0.897. The fourth-order valence-corrected chi connectivity index (χ4v) is 1.93. The normalized spacial score (nSPS) is 21.8. The standard InChI is InChI=1S/C13H12N2O3/c1-7-6-10(7)12-14-11(15-18-12)8-2-4-9(5-3-8)13(16)17/h2-5,7,10H,6H2,1H3,(H,16,17). The van der Waals surface area contributed by atoms with Crippen molar-refractivity contribution in [1.82, 2.24) is 10.1 Å². The Morgan fingerprint density at radius 1 is 1.39 bits per heavy atom. The lowest BCUT2D eigenvalue weighted by Gasteiger charge is -1.95. The highest BCUT2D eigenvalue weighted by Gasteiger charge is 2.38. The van der Waals surface area contributed by atoms with Crippen molar-refractivity contribution in [2.45, 2.75) is 19.3 Å². The van der Waals surface area contributed by atoms with Crippen molar-refractivity contribution in [3.8, 4) is 11.4 Å². The average molecular weight is 244 g/mol. The predicted octanol–water partition coefficient (Wildman–Crippen LogP) is 2.56. The van der Waals surface area contributed by atoms with Crippen molar-refractivity contribution in [3.63, 3.8) is 0 Å². The summed E-state index contributed by atoms with van der Waals surface area (Å²) in [5, 5.41) is 12.7. The van der Waals surface area contributed by atoms with E-state index >= 15 is 0 Å². The van der Waals surface area contributed by atoms with E-state index in [4.69, 9.17) is 9.63 Å². The van der Waals surface area contributed by atoms with Crippen molar-refractivity contribution in [2.75, 3.05) is 0 Å². The number of carbonyl (C=O) groups is 1. The maximum absolute atomic E-state index is 10.7. The van der Waals surface area contributed by atoms with Crippen LogP contribution in [0.15, 0.2) is 28.8 Å². The molecule has 0 spiro atoms. The number of hydrogen-bond acceptors (Lipinski definition) is 4. The minimum Gasteiger partial charge on any atom is -0.478 e. The van der Waals surface area contributed by atoms with E-state index in [9.17, 15) is 4.79 Å². The van der Waals surface area contributed by atoms with Gasteiger partial charge in [0.2, 0.25) is 11.7 Å². The summed E-state index contributed by atoms with van der Waals surface area (Å²) in [6.45, 7) is 2.15. The minimum atomic E-state index is -0.942. The first-order chi connectivity index (χ1) is 8.65. The molecular weight excluding hydrogens is 232 g/mol. The minimum absolute atomic E-state index is 0.248. The van der Waals surface area contributed by atoms with Crippen molar-refractivity contribution in [1.29, 1.82) is 0 Å². The zero-order chi connectivity index (χ0) is 12.7. The Bertz CT molecular complexity index is 589. The fraction of sp³-hybridized carbons (Fsp3) is 0.308.